The number of amides is 1. The topological polar surface area (TPSA) is 43.1 Å². The molecule has 0 saturated heterocycles. The Labute approximate surface area is 170 Å². The van der Waals surface area contributed by atoms with Crippen molar-refractivity contribution >= 4 is 11.5 Å². The van der Waals surface area contributed by atoms with Crippen LogP contribution in [0.1, 0.15) is 89.8 Å². The summed E-state index contributed by atoms with van der Waals surface area (Å²) in [6.07, 6.45) is 12.9. The minimum atomic E-state index is -0.389. The Morgan fingerprint density at radius 3 is 2.32 bits per heavy atom. The third kappa shape index (κ3) is 4.32. The van der Waals surface area contributed by atoms with Crippen molar-refractivity contribution in [3.05, 3.63) is 64.3 Å². The lowest BCUT2D eigenvalue weighted by Crippen LogP contribution is -2.33. The van der Waals surface area contributed by atoms with Crippen molar-refractivity contribution in [3.8, 4) is 0 Å². The van der Waals surface area contributed by atoms with Gasteiger partial charge in [0.15, 0.2) is 0 Å². The number of rotatable bonds is 4. The van der Waals surface area contributed by atoms with Crippen LogP contribution in [0.5, 0.6) is 0 Å². The molecule has 3 rings (SSSR count). The fourth-order valence-electron chi connectivity index (χ4n) is 4.72. The van der Waals surface area contributed by atoms with Crippen LogP contribution in [-0.4, -0.2) is 5.91 Å². The second-order valence-electron chi connectivity index (χ2n) is 9.86. The highest BCUT2D eigenvalue weighted by atomic mass is 16.1. The van der Waals surface area contributed by atoms with Gasteiger partial charge in [0.05, 0.1) is 0 Å². The van der Waals surface area contributed by atoms with E-state index in [1.165, 1.54) is 59.6 Å². The summed E-state index contributed by atoms with van der Waals surface area (Å²) in [5.41, 5.74) is 13.9. The highest BCUT2D eigenvalue weighted by Gasteiger charge is 2.37. The van der Waals surface area contributed by atoms with E-state index in [9.17, 15) is 4.79 Å². The molecular weight excluding hydrogens is 342 g/mol. The molecule has 0 bridgehead atoms. The molecule has 2 N–H and O–H groups in total. The lowest BCUT2D eigenvalue weighted by Gasteiger charge is -2.42. The van der Waals surface area contributed by atoms with E-state index in [4.69, 9.17) is 5.73 Å². The van der Waals surface area contributed by atoms with E-state index < -0.39 is 0 Å². The van der Waals surface area contributed by atoms with Gasteiger partial charge in [-0.05, 0) is 89.7 Å². The van der Waals surface area contributed by atoms with Crippen LogP contribution in [0.25, 0.3) is 5.57 Å². The van der Waals surface area contributed by atoms with E-state index in [2.05, 4.69) is 52.0 Å². The van der Waals surface area contributed by atoms with Crippen molar-refractivity contribution in [1.29, 1.82) is 0 Å². The summed E-state index contributed by atoms with van der Waals surface area (Å²) in [5, 5.41) is 0. The molecule has 150 valence electrons. The lowest BCUT2D eigenvalue weighted by molar-refractivity contribution is -0.113. The number of hydrogen-bond donors (Lipinski definition) is 1. The van der Waals surface area contributed by atoms with Gasteiger partial charge >= 0.3 is 0 Å². The van der Waals surface area contributed by atoms with E-state index >= 15 is 0 Å². The molecule has 0 saturated carbocycles. The van der Waals surface area contributed by atoms with Crippen LogP contribution in [-0.2, 0) is 15.6 Å². The van der Waals surface area contributed by atoms with Crippen LogP contribution in [0.4, 0.5) is 0 Å². The molecule has 1 aromatic carbocycles. The first-order valence-corrected chi connectivity index (χ1v) is 10.6. The van der Waals surface area contributed by atoms with Gasteiger partial charge in [-0.3, -0.25) is 4.79 Å². The van der Waals surface area contributed by atoms with Crippen molar-refractivity contribution in [1.82, 2.24) is 0 Å². The number of hydrogen-bond acceptors (Lipinski definition) is 1. The minimum absolute atomic E-state index is 0.229. The van der Waals surface area contributed by atoms with Crippen molar-refractivity contribution < 1.29 is 4.79 Å². The second-order valence-corrected chi connectivity index (χ2v) is 9.86. The highest BCUT2D eigenvalue weighted by Crippen LogP contribution is 2.47. The van der Waals surface area contributed by atoms with Gasteiger partial charge in [0.1, 0.15) is 0 Å². The molecular formula is C26H35NO. The van der Waals surface area contributed by atoms with Crippen LogP contribution >= 0.6 is 0 Å². The van der Waals surface area contributed by atoms with Crippen LogP contribution in [0.2, 0.25) is 0 Å². The smallest absolute Gasteiger partial charge is 0.241 e. The zero-order chi connectivity index (χ0) is 20.5. The molecule has 0 atom stereocenters. The fraction of sp³-hybridized carbons (Fsp3) is 0.500. The number of carbonyl (C=O) groups is 1. The predicted octanol–water partition coefficient (Wildman–Crippen LogP) is 6.35. The Balaban J connectivity index is 2.04. The first kappa shape index (κ1) is 20.6. The highest BCUT2D eigenvalue weighted by molar-refractivity contribution is 5.87. The summed E-state index contributed by atoms with van der Waals surface area (Å²) in [6.45, 7) is 11.5. The van der Waals surface area contributed by atoms with Gasteiger partial charge < -0.3 is 5.73 Å². The quantitative estimate of drug-likeness (QED) is 0.482. The molecule has 28 heavy (non-hydrogen) atoms. The standard InChI is InChI=1S/C26H35NO/c1-18(16-24(27)28)10-11-19-8-6-7-9-21(19)20-12-13-22-23(17-20)26(4,5)15-14-25(22,2)3/h10-13,16-17H,6-9,14-15H2,1-5H3,(H2,27,28)/b11-10+,18-16+. The minimum Gasteiger partial charge on any atom is -0.366 e. The number of fused-ring (bicyclic) bond motifs is 1. The molecule has 2 aliphatic rings. The number of benzene rings is 1. The van der Waals surface area contributed by atoms with Crippen LogP contribution in [0.15, 0.2) is 47.6 Å². The third-order valence-corrected chi connectivity index (χ3v) is 6.63. The summed E-state index contributed by atoms with van der Waals surface area (Å²) in [4.78, 5) is 11.1. The number of carbonyl (C=O) groups excluding carboxylic acids is 1. The Morgan fingerprint density at radius 2 is 1.64 bits per heavy atom. The maximum Gasteiger partial charge on any atom is 0.241 e. The van der Waals surface area contributed by atoms with Gasteiger partial charge in [-0.25, -0.2) is 0 Å². The maximum atomic E-state index is 11.1. The number of nitrogens with two attached hydrogens (primary N) is 1. The van der Waals surface area contributed by atoms with Crippen LogP contribution < -0.4 is 5.73 Å². The summed E-state index contributed by atoms with van der Waals surface area (Å²) in [6, 6.07) is 7.19. The first-order chi connectivity index (χ1) is 13.1. The SMILES string of the molecule is CC(/C=C/C1=C(c2ccc3c(c2)C(C)(C)CCC3(C)C)CCCC1)=C\C(N)=O. The largest absolute Gasteiger partial charge is 0.366 e. The molecule has 0 unspecified atom stereocenters. The number of primary amides is 1. The molecule has 2 heteroatoms. The summed E-state index contributed by atoms with van der Waals surface area (Å²) in [5.74, 6) is -0.389. The molecule has 2 aliphatic carbocycles. The molecule has 0 aromatic heterocycles. The van der Waals surface area contributed by atoms with Gasteiger partial charge in [0.25, 0.3) is 0 Å². The van der Waals surface area contributed by atoms with Gasteiger partial charge in [-0.2, -0.15) is 0 Å². The zero-order valence-corrected chi connectivity index (χ0v) is 18.2. The maximum absolute atomic E-state index is 11.1. The van der Waals surface area contributed by atoms with E-state index in [0.717, 1.165) is 18.4 Å². The first-order valence-electron chi connectivity index (χ1n) is 10.6. The van der Waals surface area contributed by atoms with Crippen LogP contribution in [0.3, 0.4) is 0 Å². The zero-order valence-electron chi connectivity index (χ0n) is 18.2. The van der Waals surface area contributed by atoms with Crippen molar-refractivity contribution in [2.45, 2.75) is 84.0 Å². The third-order valence-electron chi connectivity index (χ3n) is 6.63. The van der Waals surface area contributed by atoms with Crippen molar-refractivity contribution in [3.63, 3.8) is 0 Å². The fourth-order valence-corrected chi connectivity index (χ4v) is 4.72. The molecule has 0 fully saturated rings. The average molecular weight is 378 g/mol. The predicted molar refractivity (Wildman–Crippen MR) is 119 cm³/mol. The lowest BCUT2D eigenvalue weighted by atomic mass is 9.62. The van der Waals surface area contributed by atoms with E-state index in [-0.39, 0.29) is 16.7 Å². The Kier molecular flexibility index (Phi) is 5.70. The van der Waals surface area contributed by atoms with Gasteiger partial charge in [-0.1, -0.05) is 58.0 Å². The van der Waals surface area contributed by atoms with Gasteiger partial charge in [0.2, 0.25) is 5.91 Å². The molecule has 0 radical (unpaired) electrons. The molecule has 1 amide bonds. The van der Waals surface area contributed by atoms with Crippen LogP contribution in [0, 0.1) is 0 Å². The normalized spacial score (nSPS) is 21.7. The van der Waals surface area contributed by atoms with E-state index in [1.807, 2.05) is 13.0 Å². The summed E-state index contributed by atoms with van der Waals surface area (Å²) < 4.78 is 0. The van der Waals surface area contributed by atoms with Crippen molar-refractivity contribution in [2.75, 3.05) is 0 Å². The average Bonchev–Trinajstić information content (AvgIpc) is 2.63. The monoisotopic (exact) mass is 377 g/mol. The van der Waals surface area contributed by atoms with E-state index in [0.29, 0.717) is 0 Å². The number of allylic oxidation sites excluding steroid dienone is 5. The van der Waals surface area contributed by atoms with Gasteiger partial charge in [0, 0.05) is 6.08 Å². The molecule has 0 spiro atoms. The Morgan fingerprint density at radius 1 is 1.00 bits per heavy atom. The summed E-state index contributed by atoms with van der Waals surface area (Å²) >= 11 is 0. The van der Waals surface area contributed by atoms with Crippen molar-refractivity contribution in [2.24, 2.45) is 5.73 Å². The molecule has 2 nitrogen and oxygen atoms in total. The second kappa shape index (κ2) is 7.73. The summed E-state index contributed by atoms with van der Waals surface area (Å²) in [7, 11) is 0. The molecule has 1 aromatic rings. The molecule has 0 aliphatic heterocycles. The van der Waals surface area contributed by atoms with Gasteiger partial charge in [-0.15, -0.1) is 0 Å². The Hall–Kier alpha value is -2.09. The van der Waals surface area contributed by atoms with E-state index in [1.54, 1.807) is 0 Å². The molecule has 0 heterocycles. The Bertz CT molecular complexity index is 864.